The van der Waals surface area contributed by atoms with Crippen LogP contribution in [0.15, 0.2) is 0 Å². The molecule has 2 rings (SSSR count). The largest absolute Gasteiger partial charge is 0.303 e. The number of fused-ring (bicyclic) bond motifs is 2. The first-order valence-electron chi connectivity index (χ1n) is 5.16. The Hall–Kier alpha value is -0.660. The van der Waals surface area contributed by atoms with Crippen LogP contribution in [-0.4, -0.2) is 12.1 Å². The molecule has 0 heterocycles. The molecule has 2 saturated carbocycles. The molecule has 2 aliphatic rings. The molecule has 2 aliphatic carbocycles. The second-order valence-corrected chi connectivity index (χ2v) is 4.69. The van der Waals surface area contributed by atoms with Crippen LogP contribution in [0, 0.1) is 17.3 Å². The summed E-state index contributed by atoms with van der Waals surface area (Å²) < 4.78 is 0. The molecule has 0 aliphatic heterocycles. The third-order valence-electron chi connectivity index (χ3n) is 4.05. The van der Waals surface area contributed by atoms with Gasteiger partial charge in [-0.1, -0.05) is 6.92 Å². The molecule has 0 aromatic rings. The fourth-order valence-electron chi connectivity index (χ4n) is 3.15. The number of carbonyl (C=O) groups is 2. The summed E-state index contributed by atoms with van der Waals surface area (Å²) in [5, 5.41) is 0. The van der Waals surface area contributed by atoms with Crippen LogP contribution in [0.4, 0.5) is 0 Å². The van der Waals surface area contributed by atoms with Crippen LogP contribution in [0.2, 0.25) is 0 Å². The van der Waals surface area contributed by atoms with Gasteiger partial charge in [0.1, 0.15) is 12.1 Å². The Morgan fingerprint density at radius 1 is 1.54 bits per heavy atom. The highest BCUT2D eigenvalue weighted by Gasteiger charge is 2.54. The van der Waals surface area contributed by atoms with Gasteiger partial charge >= 0.3 is 0 Å². The maximum atomic E-state index is 11.9. The minimum absolute atomic E-state index is 0.149. The summed E-state index contributed by atoms with van der Waals surface area (Å²) >= 11 is 0. The Balaban J connectivity index is 2.13. The SMILES string of the molecule is C[C@]1(CCC=O)C(=O)[C@@H]2CC[C@H]1C2. The molecule has 0 amide bonds. The predicted octanol–water partition coefficient (Wildman–Crippen LogP) is 1.97. The van der Waals surface area contributed by atoms with E-state index in [0.717, 1.165) is 25.5 Å². The van der Waals surface area contributed by atoms with Crippen molar-refractivity contribution in [3.8, 4) is 0 Å². The summed E-state index contributed by atoms with van der Waals surface area (Å²) in [4.78, 5) is 22.2. The van der Waals surface area contributed by atoms with E-state index in [9.17, 15) is 9.59 Å². The Morgan fingerprint density at radius 3 is 2.85 bits per heavy atom. The first-order valence-corrected chi connectivity index (χ1v) is 5.16. The summed E-state index contributed by atoms with van der Waals surface area (Å²) in [7, 11) is 0. The van der Waals surface area contributed by atoms with Gasteiger partial charge in [-0.2, -0.15) is 0 Å². The van der Waals surface area contributed by atoms with E-state index in [1.807, 2.05) is 0 Å². The molecule has 2 nitrogen and oxygen atoms in total. The molecule has 0 radical (unpaired) electrons. The molecule has 72 valence electrons. The number of Topliss-reactive ketones (excluding diaryl/α,β-unsaturated/α-hetero) is 1. The van der Waals surface area contributed by atoms with Crippen molar-refractivity contribution in [2.75, 3.05) is 0 Å². The highest BCUT2D eigenvalue weighted by Crippen LogP contribution is 2.55. The van der Waals surface area contributed by atoms with Crippen LogP contribution in [0.5, 0.6) is 0 Å². The van der Waals surface area contributed by atoms with Crippen molar-refractivity contribution in [3.63, 3.8) is 0 Å². The monoisotopic (exact) mass is 180 g/mol. The predicted molar refractivity (Wildman–Crippen MR) is 49.2 cm³/mol. The van der Waals surface area contributed by atoms with Crippen LogP contribution in [0.1, 0.15) is 39.0 Å². The summed E-state index contributed by atoms with van der Waals surface area (Å²) in [6.45, 7) is 2.06. The smallest absolute Gasteiger partial charge is 0.142 e. The minimum atomic E-state index is -0.149. The topological polar surface area (TPSA) is 34.1 Å². The highest BCUT2D eigenvalue weighted by atomic mass is 16.1. The van der Waals surface area contributed by atoms with Gasteiger partial charge in [-0.3, -0.25) is 4.79 Å². The summed E-state index contributed by atoms with van der Waals surface area (Å²) in [6, 6.07) is 0. The van der Waals surface area contributed by atoms with Crippen molar-refractivity contribution in [2.45, 2.75) is 39.0 Å². The fraction of sp³-hybridized carbons (Fsp3) is 0.818. The van der Waals surface area contributed by atoms with Gasteiger partial charge in [0.05, 0.1) is 0 Å². The highest BCUT2D eigenvalue weighted by molar-refractivity contribution is 5.90. The van der Waals surface area contributed by atoms with E-state index in [1.54, 1.807) is 0 Å². The van der Waals surface area contributed by atoms with E-state index in [1.165, 1.54) is 6.42 Å². The maximum Gasteiger partial charge on any atom is 0.142 e. The van der Waals surface area contributed by atoms with Gasteiger partial charge in [-0.05, 0) is 31.6 Å². The first kappa shape index (κ1) is 8.92. The third-order valence-corrected chi connectivity index (χ3v) is 4.05. The Morgan fingerprint density at radius 2 is 2.31 bits per heavy atom. The maximum absolute atomic E-state index is 11.9. The number of hydrogen-bond donors (Lipinski definition) is 0. The average molecular weight is 180 g/mol. The van der Waals surface area contributed by atoms with E-state index < -0.39 is 0 Å². The van der Waals surface area contributed by atoms with Crippen LogP contribution in [-0.2, 0) is 9.59 Å². The zero-order valence-corrected chi connectivity index (χ0v) is 8.08. The molecule has 2 fully saturated rings. The van der Waals surface area contributed by atoms with Crippen LogP contribution < -0.4 is 0 Å². The molecule has 2 heteroatoms. The zero-order chi connectivity index (χ0) is 9.47. The van der Waals surface area contributed by atoms with Crippen molar-refractivity contribution in [1.29, 1.82) is 0 Å². The Bertz CT molecular complexity index is 246. The first-order chi connectivity index (χ1) is 6.18. The van der Waals surface area contributed by atoms with Crippen molar-refractivity contribution in [1.82, 2.24) is 0 Å². The second kappa shape index (κ2) is 2.93. The van der Waals surface area contributed by atoms with Crippen molar-refractivity contribution >= 4 is 12.1 Å². The molecular formula is C11H16O2. The van der Waals surface area contributed by atoms with E-state index in [-0.39, 0.29) is 5.41 Å². The minimum Gasteiger partial charge on any atom is -0.303 e. The van der Waals surface area contributed by atoms with Gasteiger partial charge in [0, 0.05) is 17.8 Å². The molecule has 0 N–H and O–H groups in total. The Kier molecular flexibility index (Phi) is 2.01. The van der Waals surface area contributed by atoms with E-state index in [0.29, 0.717) is 24.0 Å². The lowest BCUT2D eigenvalue weighted by Crippen LogP contribution is -2.33. The molecule has 0 aromatic heterocycles. The van der Waals surface area contributed by atoms with Gasteiger partial charge in [0.15, 0.2) is 0 Å². The zero-order valence-electron chi connectivity index (χ0n) is 8.08. The number of ketones is 1. The lowest BCUT2D eigenvalue weighted by Gasteiger charge is -2.31. The molecule has 2 bridgehead atoms. The number of hydrogen-bond acceptors (Lipinski definition) is 2. The van der Waals surface area contributed by atoms with Gasteiger partial charge in [-0.15, -0.1) is 0 Å². The molecule has 0 saturated heterocycles. The molecule has 0 spiro atoms. The summed E-state index contributed by atoms with van der Waals surface area (Å²) in [5.41, 5.74) is -0.149. The second-order valence-electron chi connectivity index (χ2n) is 4.69. The average Bonchev–Trinajstić information content (AvgIpc) is 2.68. The molecule has 0 aromatic carbocycles. The molecule has 3 atom stereocenters. The quantitative estimate of drug-likeness (QED) is 0.622. The van der Waals surface area contributed by atoms with Crippen molar-refractivity contribution in [3.05, 3.63) is 0 Å². The lowest BCUT2D eigenvalue weighted by molar-refractivity contribution is -0.132. The van der Waals surface area contributed by atoms with Crippen molar-refractivity contribution < 1.29 is 9.59 Å². The third kappa shape index (κ3) is 1.15. The molecular weight excluding hydrogens is 164 g/mol. The van der Waals surface area contributed by atoms with Gasteiger partial charge in [-0.25, -0.2) is 0 Å². The van der Waals surface area contributed by atoms with E-state index in [4.69, 9.17) is 0 Å². The van der Waals surface area contributed by atoms with E-state index >= 15 is 0 Å². The van der Waals surface area contributed by atoms with Crippen LogP contribution in [0.3, 0.4) is 0 Å². The fourth-order valence-corrected chi connectivity index (χ4v) is 3.15. The van der Waals surface area contributed by atoms with Crippen molar-refractivity contribution in [2.24, 2.45) is 17.3 Å². The lowest BCUT2D eigenvalue weighted by atomic mass is 9.71. The van der Waals surface area contributed by atoms with Crippen LogP contribution >= 0.6 is 0 Å². The normalized spacial score (nSPS) is 42.7. The Labute approximate surface area is 78.7 Å². The van der Waals surface area contributed by atoms with Crippen LogP contribution in [0.25, 0.3) is 0 Å². The molecule has 13 heavy (non-hydrogen) atoms. The van der Waals surface area contributed by atoms with Gasteiger partial charge < -0.3 is 4.79 Å². The summed E-state index contributed by atoms with van der Waals surface area (Å²) in [6.07, 6.45) is 5.65. The molecule has 0 unspecified atom stereocenters. The van der Waals surface area contributed by atoms with Gasteiger partial charge in [0.25, 0.3) is 0 Å². The number of aldehydes is 1. The van der Waals surface area contributed by atoms with E-state index in [2.05, 4.69) is 6.92 Å². The van der Waals surface area contributed by atoms with Gasteiger partial charge in [0.2, 0.25) is 0 Å². The number of rotatable bonds is 3. The number of carbonyl (C=O) groups excluding carboxylic acids is 2. The standard InChI is InChI=1S/C11H16O2/c1-11(5-2-6-12)9-4-3-8(7-9)10(11)13/h6,8-9H,2-5,7H2,1H3/t8-,9+,11-/m1/s1. The summed E-state index contributed by atoms with van der Waals surface area (Å²) in [5.74, 6) is 1.34.